The van der Waals surface area contributed by atoms with Crippen LogP contribution in [0.15, 0.2) is 24.3 Å². The minimum atomic E-state index is -0.446. The number of para-hydroxylation sites is 2. The molecule has 0 saturated heterocycles. The van der Waals surface area contributed by atoms with Gasteiger partial charge in [-0.1, -0.05) is 19.1 Å². The molecule has 7 nitrogen and oxygen atoms in total. The van der Waals surface area contributed by atoms with E-state index in [1.807, 2.05) is 0 Å². The molecule has 0 fully saturated rings. The number of amides is 1. The largest absolute Gasteiger partial charge is 0.360 e. The summed E-state index contributed by atoms with van der Waals surface area (Å²) in [4.78, 5) is 23.9. The molecule has 1 rings (SSSR count). The van der Waals surface area contributed by atoms with Gasteiger partial charge in [-0.3, -0.25) is 14.9 Å². The van der Waals surface area contributed by atoms with Crippen molar-refractivity contribution in [3.05, 3.63) is 34.4 Å². The van der Waals surface area contributed by atoms with Crippen LogP contribution in [-0.4, -0.2) is 44.1 Å². The SMILES string of the molecule is CCCNCCNC(=O)CN(C)c1ccccc1[N+](=O)[O-].Cl. The highest BCUT2D eigenvalue weighted by Crippen LogP contribution is 2.26. The normalized spacial score (nSPS) is 9.73. The van der Waals surface area contributed by atoms with E-state index >= 15 is 0 Å². The van der Waals surface area contributed by atoms with E-state index < -0.39 is 4.92 Å². The van der Waals surface area contributed by atoms with E-state index in [9.17, 15) is 14.9 Å². The number of carbonyl (C=O) groups excluding carboxylic acids is 1. The van der Waals surface area contributed by atoms with Crippen LogP contribution in [-0.2, 0) is 4.79 Å². The molecule has 1 aromatic rings. The summed E-state index contributed by atoms with van der Waals surface area (Å²) in [6.45, 7) is 4.34. The summed E-state index contributed by atoms with van der Waals surface area (Å²) < 4.78 is 0. The van der Waals surface area contributed by atoms with Crippen molar-refractivity contribution >= 4 is 29.7 Å². The molecule has 124 valence electrons. The van der Waals surface area contributed by atoms with E-state index in [2.05, 4.69) is 17.6 Å². The Balaban J connectivity index is 0.00000441. The number of rotatable bonds is 9. The summed E-state index contributed by atoms with van der Waals surface area (Å²) in [5.41, 5.74) is 0.430. The van der Waals surface area contributed by atoms with Crippen LogP contribution < -0.4 is 15.5 Å². The number of nitrogens with one attached hydrogen (secondary N) is 2. The fourth-order valence-electron chi connectivity index (χ4n) is 1.89. The summed E-state index contributed by atoms with van der Waals surface area (Å²) >= 11 is 0. The van der Waals surface area contributed by atoms with E-state index in [1.165, 1.54) is 6.07 Å². The van der Waals surface area contributed by atoms with Gasteiger partial charge in [0.1, 0.15) is 5.69 Å². The molecule has 0 aliphatic heterocycles. The topological polar surface area (TPSA) is 87.5 Å². The Morgan fingerprint density at radius 2 is 1.95 bits per heavy atom. The van der Waals surface area contributed by atoms with Gasteiger partial charge in [-0.05, 0) is 19.0 Å². The van der Waals surface area contributed by atoms with Crippen molar-refractivity contribution in [3.63, 3.8) is 0 Å². The maximum absolute atomic E-state index is 11.8. The van der Waals surface area contributed by atoms with Crippen LogP contribution in [0.5, 0.6) is 0 Å². The molecule has 0 aromatic heterocycles. The van der Waals surface area contributed by atoms with Gasteiger partial charge in [0.25, 0.3) is 5.69 Å². The maximum Gasteiger partial charge on any atom is 0.292 e. The molecule has 0 atom stereocenters. The number of nitro benzene ring substituents is 1. The second-order valence-corrected chi connectivity index (χ2v) is 4.70. The maximum atomic E-state index is 11.8. The number of nitrogens with zero attached hydrogens (tertiary/aromatic N) is 2. The van der Waals surface area contributed by atoms with Crippen molar-refractivity contribution in [2.45, 2.75) is 13.3 Å². The number of benzene rings is 1. The molecule has 0 bridgehead atoms. The number of hydrogen-bond donors (Lipinski definition) is 2. The number of nitro groups is 1. The molecule has 0 heterocycles. The van der Waals surface area contributed by atoms with E-state index in [-0.39, 0.29) is 30.5 Å². The zero-order valence-electron chi connectivity index (χ0n) is 12.9. The predicted octanol–water partition coefficient (Wildman–Crippen LogP) is 1.57. The second-order valence-electron chi connectivity index (χ2n) is 4.70. The highest BCUT2D eigenvalue weighted by Gasteiger charge is 2.17. The average molecular weight is 331 g/mol. The molecule has 0 aliphatic rings. The standard InChI is InChI=1S/C14H22N4O3.ClH/c1-3-8-15-9-10-16-14(19)11-17(2)12-6-4-5-7-13(12)18(20)21;/h4-7,15H,3,8-11H2,1-2H3,(H,16,19);1H. The smallest absolute Gasteiger partial charge is 0.292 e. The van der Waals surface area contributed by atoms with Crippen molar-refractivity contribution in [2.75, 3.05) is 38.1 Å². The number of halogens is 1. The highest BCUT2D eigenvalue weighted by molar-refractivity contribution is 5.85. The molecule has 2 N–H and O–H groups in total. The molecule has 0 spiro atoms. The van der Waals surface area contributed by atoms with Crippen LogP contribution in [0, 0.1) is 10.1 Å². The Morgan fingerprint density at radius 1 is 1.27 bits per heavy atom. The summed E-state index contributed by atoms with van der Waals surface area (Å²) in [5, 5.41) is 16.9. The summed E-state index contributed by atoms with van der Waals surface area (Å²) in [7, 11) is 1.66. The predicted molar refractivity (Wildman–Crippen MR) is 89.8 cm³/mol. The monoisotopic (exact) mass is 330 g/mol. The van der Waals surface area contributed by atoms with Crippen LogP contribution in [0.1, 0.15) is 13.3 Å². The Hall–Kier alpha value is -1.86. The highest BCUT2D eigenvalue weighted by atomic mass is 35.5. The number of likely N-dealkylation sites (N-methyl/N-ethyl adjacent to an activating group) is 1. The van der Waals surface area contributed by atoms with Crippen LogP contribution in [0.4, 0.5) is 11.4 Å². The Bertz CT molecular complexity index is 485. The minimum Gasteiger partial charge on any atom is -0.360 e. The van der Waals surface area contributed by atoms with E-state index in [0.29, 0.717) is 12.2 Å². The van der Waals surface area contributed by atoms with Gasteiger partial charge in [0.2, 0.25) is 5.91 Å². The quantitative estimate of drug-likeness (QED) is 0.407. The first kappa shape index (κ1) is 20.1. The average Bonchev–Trinajstić information content (AvgIpc) is 2.47. The van der Waals surface area contributed by atoms with Crippen molar-refractivity contribution in [3.8, 4) is 0 Å². The number of carbonyl (C=O) groups is 1. The lowest BCUT2D eigenvalue weighted by molar-refractivity contribution is -0.384. The van der Waals surface area contributed by atoms with Gasteiger partial charge < -0.3 is 15.5 Å². The van der Waals surface area contributed by atoms with Crippen LogP contribution in [0.2, 0.25) is 0 Å². The van der Waals surface area contributed by atoms with Crippen molar-refractivity contribution in [1.29, 1.82) is 0 Å². The van der Waals surface area contributed by atoms with Gasteiger partial charge in [0, 0.05) is 26.2 Å². The lowest BCUT2D eigenvalue weighted by atomic mass is 10.2. The summed E-state index contributed by atoms with van der Waals surface area (Å²) in [6.07, 6.45) is 1.05. The van der Waals surface area contributed by atoms with Crippen molar-refractivity contribution < 1.29 is 9.72 Å². The lowest BCUT2D eigenvalue weighted by Gasteiger charge is -2.18. The Kier molecular flexibility index (Phi) is 9.89. The van der Waals surface area contributed by atoms with Crippen LogP contribution in [0.3, 0.4) is 0 Å². The Labute approximate surface area is 136 Å². The number of hydrogen-bond acceptors (Lipinski definition) is 5. The molecule has 0 saturated carbocycles. The van der Waals surface area contributed by atoms with Gasteiger partial charge in [-0.25, -0.2) is 0 Å². The minimum absolute atomic E-state index is 0. The third kappa shape index (κ3) is 6.73. The molecule has 1 amide bonds. The zero-order chi connectivity index (χ0) is 15.7. The first-order chi connectivity index (χ1) is 10.1. The molecule has 0 unspecified atom stereocenters. The van der Waals surface area contributed by atoms with Gasteiger partial charge in [0.15, 0.2) is 0 Å². The third-order valence-corrected chi connectivity index (χ3v) is 2.92. The first-order valence-electron chi connectivity index (χ1n) is 6.98. The first-order valence-corrected chi connectivity index (χ1v) is 6.98. The van der Waals surface area contributed by atoms with E-state index in [4.69, 9.17) is 0 Å². The van der Waals surface area contributed by atoms with Crippen LogP contribution >= 0.6 is 12.4 Å². The van der Waals surface area contributed by atoms with Crippen LogP contribution in [0.25, 0.3) is 0 Å². The molecule has 22 heavy (non-hydrogen) atoms. The van der Waals surface area contributed by atoms with Gasteiger partial charge in [0.05, 0.1) is 11.5 Å². The molecule has 8 heteroatoms. The molecular formula is C14H23ClN4O3. The fourth-order valence-corrected chi connectivity index (χ4v) is 1.89. The number of anilines is 1. The molecule has 0 aliphatic carbocycles. The lowest BCUT2D eigenvalue weighted by Crippen LogP contribution is -2.38. The Morgan fingerprint density at radius 3 is 2.59 bits per heavy atom. The fraction of sp³-hybridized carbons (Fsp3) is 0.500. The third-order valence-electron chi connectivity index (χ3n) is 2.92. The zero-order valence-corrected chi connectivity index (χ0v) is 13.7. The summed E-state index contributed by atoms with van der Waals surface area (Å²) in [6, 6.07) is 6.38. The van der Waals surface area contributed by atoms with Crippen molar-refractivity contribution in [1.82, 2.24) is 10.6 Å². The van der Waals surface area contributed by atoms with E-state index in [0.717, 1.165) is 19.5 Å². The van der Waals surface area contributed by atoms with Gasteiger partial charge in [-0.15, -0.1) is 12.4 Å². The molecule has 0 radical (unpaired) electrons. The molecule has 1 aromatic carbocycles. The van der Waals surface area contributed by atoms with Gasteiger partial charge in [-0.2, -0.15) is 0 Å². The van der Waals surface area contributed by atoms with Gasteiger partial charge >= 0.3 is 0 Å². The van der Waals surface area contributed by atoms with Crippen molar-refractivity contribution in [2.24, 2.45) is 0 Å². The summed E-state index contributed by atoms with van der Waals surface area (Å²) in [5.74, 6) is -0.158. The molecular weight excluding hydrogens is 308 g/mol. The van der Waals surface area contributed by atoms with E-state index in [1.54, 1.807) is 30.1 Å². The second kappa shape index (κ2) is 10.8.